The van der Waals surface area contributed by atoms with Gasteiger partial charge in [0.2, 0.25) is 0 Å². The average Bonchev–Trinajstić information content (AvgIpc) is 3.28. The predicted octanol–water partition coefficient (Wildman–Crippen LogP) is 3.70. The Kier molecular flexibility index (Phi) is 8.85. The highest BCUT2D eigenvalue weighted by Crippen LogP contribution is 2.39. The molecular formula is C16H22BrN3O3S3. The zero-order valence-electron chi connectivity index (χ0n) is 14.6. The van der Waals surface area contributed by atoms with Crippen molar-refractivity contribution in [1.29, 1.82) is 0 Å². The smallest absolute Gasteiger partial charge is 0.348 e. The molecule has 144 valence electrons. The zero-order valence-corrected chi connectivity index (χ0v) is 18.8. The molecule has 2 aromatic heterocycles. The van der Waals surface area contributed by atoms with E-state index in [2.05, 4.69) is 15.2 Å². The summed E-state index contributed by atoms with van der Waals surface area (Å²) in [5.41, 5.74) is 1.89. The largest absolute Gasteiger partial charge is 0.465 e. The number of carbonyl (C=O) groups is 1. The molecule has 1 fully saturated rings. The van der Waals surface area contributed by atoms with E-state index in [1.807, 2.05) is 17.7 Å². The lowest BCUT2D eigenvalue weighted by Gasteiger charge is -2.26. The number of morpholine rings is 1. The van der Waals surface area contributed by atoms with Crippen LogP contribution >= 0.6 is 51.4 Å². The number of halogens is 1. The quantitative estimate of drug-likeness (QED) is 0.479. The van der Waals surface area contributed by atoms with Gasteiger partial charge < -0.3 is 14.8 Å². The van der Waals surface area contributed by atoms with Gasteiger partial charge in [0.1, 0.15) is 4.88 Å². The van der Waals surface area contributed by atoms with Gasteiger partial charge in [-0.3, -0.25) is 4.90 Å². The first-order valence-electron chi connectivity index (χ1n) is 7.97. The van der Waals surface area contributed by atoms with Gasteiger partial charge in [-0.2, -0.15) is 0 Å². The predicted molar refractivity (Wildman–Crippen MR) is 115 cm³/mol. The highest BCUT2D eigenvalue weighted by atomic mass is 79.9. The lowest BCUT2D eigenvalue weighted by molar-refractivity contribution is 0.0398. The van der Waals surface area contributed by atoms with Gasteiger partial charge in [0.25, 0.3) is 0 Å². The Morgan fingerprint density at radius 3 is 2.92 bits per heavy atom. The highest BCUT2D eigenvalue weighted by molar-refractivity contribution is 8.93. The van der Waals surface area contributed by atoms with Crippen molar-refractivity contribution in [2.24, 2.45) is 0 Å². The number of methoxy groups -OCH3 is 1. The Balaban J connectivity index is 0.00000243. The maximum atomic E-state index is 11.8. The van der Waals surface area contributed by atoms with Gasteiger partial charge in [-0.1, -0.05) is 0 Å². The number of nitrogens with zero attached hydrogens (tertiary/aromatic N) is 2. The van der Waals surface area contributed by atoms with E-state index in [-0.39, 0.29) is 23.0 Å². The standard InChI is InChI=1S/C16H21N3O3S3.BrH/c1-21-14(20)13-9-11(15(23-2)25-13)12-10-24-16(18-12)17-3-4-19-5-7-22-8-6-19;/h9-10H,3-8H2,1-2H3,(H,17,18);1H. The van der Waals surface area contributed by atoms with Crippen molar-refractivity contribution in [3.8, 4) is 11.3 Å². The van der Waals surface area contributed by atoms with Crippen LogP contribution in [0.1, 0.15) is 9.67 Å². The molecule has 0 aliphatic carbocycles. The molecule has 1 aliphatic heterocycles. The lowest BCUT2D eigenvalue weighted by Crippen LogP contribution is -2.38. The number of hydrogen-bond donors (Lipinski definition) is 1. The molecule has 26 heavy (non-hydrogen) atoms. The first-order valence-corrected chi connectivity index (χ1v) is 10.9. The summed E-state index contributed by atoms with van der Waals surface area (Å²) < 4.78 is 11.3. The van der Waals surface area contributed by atoms with Crippen LogP contribution in [0.5, 0.6) is 0 Å². The fraction of sp³-hybridized carbons (Fsp3) is 0.500. The van der Waals surface area contributed by atoms with E-state index in [1.165, 1.54) is 18.4 Å². The Hall–Kier alpha value is -0.650. The summed E-state index contributed by atoms with van der Waals surface area (Å²) in [6.07, 6.45) is 2.00. The number of rotatable bonds is 7. The highest BCUT2D eigenvalue weighted by Gasteiger charge is 2.18. The third kappa shape index (κ3) is 5.43. The molecule has 2 aromatic rings. The van der Waals surface area contributed by atoms with Gasteiger partial charge in [0.05, 0.1) is 30.2 Å². The monoisotopic (exact) mass is 479 g/mol. The van der Waals surface area contributed by atoms with E-state index in [9.17, 15) is 4.79 Å². The number of esters is 1. The molecule has 0 saturated carbocycles. The maximum absolute atomic E-state index is 11.8. The summed E-state index contributed by atoms with van der Waals surface area (Å²) in [5.74, 6) is -0.300. The minimum absolute atomic E-state index is 0. The molecule has 0 spiro atoms. The molecule has 0 radical (unpaired) electrons. The molecule has 3 heterocycles. The first-order chi connectivity index (χ1) is 12.2. The second-order valence-electron chi connectivity index (χ2n) is 5.43. The molecule has 0 atom stereocenters. The summed E-state index contributed by atoms with van der Waals surface area (Å²) in [6, 6.07) is 1.87. The minimum atomic E-state index is -0.300. The fourth-order valence-electron chi connectivity index (χ4n) is 2.53. The molecule has 1 saturated heterocycles. The van der Waals surface area contributed by atoms with Gasteiger partial charge >= 0.3 is 5.97 Å². The second kappa shape index (κ2) is 10.6. The van der Waals surface area contributed by atoms with Crippen molar-refractivity contribution in [2.75, 3.05) is 58.1 Å². The normalized spacial score (nSPS) is 14.7. The molecular weight excluding hydrogens is 458 g/mol. The first kappa shape index (κ1) is 21.6. The summed E-state index contributed by atoms with van der Waals surface area (Å²) >= 11 is 4.66. The number of thiophene rings is 1. The van der Waals surface area contributed by atoms with Crippen LogP contribution in [-0.4, -0.2) is 68.6 Å². The number of carbonyl (C=O) groups excluding carboxylic acids is 1. The number of aromatic nitrogens is 1. The molecule has 0 amide bonds. The Morgan fingerprint density at radius 2 is 2.23 bits per heavy atom. The number of nitrogens with one attached hydrogen (secondary N) is 1. The van der Waals surface area contributed by atoms with Gasteiger partial charge in [-0.25, -0.2) is 9.78 Å². The van der Waals surface area contributed by atoms with E-state index >= 15 is 0 Å². The number of hydrogen-bond acceptors (Lipinski definition) is 9. The zero-order chi connectivity index (χ0) is 17.6. The van der Waals surface area contributed by atoms with Crippen LogP contribution in [0.3, 0.4) is 0 Å². The van der Waals surface area contributed by atoms with Crippen LogP contribution in [0.4, 0.5) is 5.13 Å². The van der Waals surface area contributed by atoms with Gasteiger partial charge in [0, 0.05) is 37.1 Å². The van der Waals surface area contributed by atoms with Crippen LogP contribution < -0.4 is 5.32 Å². The van der Waals surface area contributed by atoms with Crippen molar-refractivity contribution in [1.82, 2.24) is 9.88 Å². The molecule has 0 unspecified atom stereocenters. The molecule has 10 heteroatoms. The lowest BCUT2D eigenvalue weighted by atomic mass is 10.2. The summed E-state index contributed by atoms with van der Waals surface area (Å²) in [4.78, 5) is 19.4. The Labute approximate surface area is 176 Å². The van der Waals surface area contributed by atoms with E-state index in [0.717, 1.165) is 60.0 Å². The summed E-state index contributed by atoms with van der Waals surface area (Å²) in [5, 5.41) is 6.32. The molecule has 3 rings (SSSR count). The SMILES string of the molecule is Br.COC(=O)c1cc(-c2csc(NCCN3CCOCC3)n2)c(SC)s1. The number of ether oxygens (including phenoxy) is 2. The molecule has 1 N–H and O–H groups in total. The van der Waals surface area contributed by atoms with E-state index in [4.69, 9.17) is 9.47 Å². The van der Waals surface area contributed by atoms with E-state index in [1.54, 1.807) is 23.1 Å². The van der Waals surface area contributed by atoms with Gasteiger partial charge in [0.15, 0.2) is 5.13 Å². The summed E-state index contributed by atoms with van der Waals surface area (Å²) in [6.45, 7) is 5.47. The van der Waals surface area contributed by atoms with Crippen LogP contribution in [0.15, 0.2) is 15.7 Å². The topological polar surface area (TPSA) is 63.7 Å². The average molecular weight is 480 g/mol. The third-order valence-electron chi connectivity index (χ3n) is 3.86. The molecule has 6 nitrogen and oxygen atoms in total. The number of anilines is 1. The number of thiazole rings is 1. The van der Waals surface area contributed by atoms with Gasteiger partial charge in [-0.05, 0) is 12.3 Å². The van der Waals surface area contributed by atoms with Crippen LogP contribution in [0.25, 0.3) is 11.3 Å². The van der Waals surface area contributed by atoms with E-state index in [0.29, 0.717) is 4.88 Å². The molecule has 0 aromatic carbocycles. The summed E-state index contributed by atoms with van der Waals surface area (Å²) in [7, 11) is 1.40. The van der Waals surface area contributed by atoms with Crippen molar-refractivity contribution < 1.29 is 14.3 Å². The molecule has 0 bridgehead atoms. The molecule has 1 aliphatic rings. The fourth-order valence-corrected chi connectivity index (χ4v) is 5.07. The van der Waals surface area contributed by atoms with Crippen LogP contribution in [0.2, 0.25) is 0 Å². The Morgan fingerprint density at radius 1 is 1.46 bits per heavy atom. The van der Waals surface area contributed by atoms with E-state index < -0.39 is 0 Å². The minimum Gasteiger partial charge on any atom is -0.465 e. The number of thioether (sulfide) groups is 1. The van der Waals surface area contributed by atoms with Crippen molar-refractivity contribution in [3.63, 3.8) is 0 Å². The third-order valence-corrected chi connectivity index (χ3v) is 6.91. The van der Waals surface area contributed by atoms with Gasteiger partial charge in [-0.15, -0.1) is 51.4 Å². The maximum Gasteiger partial charge on any atom is 0.348 e. The van der Waals surface area contributed by atoms with Crippen molar-refractivity contribution >= 4 is 62.5 Å². The Bertz CT molecular complexity index is 717. The van der Waals surface area contributed by atoms with Crippen molar-refractivity contribution in [2.45, 2.75) is 4.21 Å². The van der Waals surface area contributed by atoms with Crippen LogP contribution in [0, 0.1) is 0 Å². The van der Waals surface area contributed by atoms with Crippen molar-refractivity contribution in [3.05, 3.63) is 16.3 Å². The van der Waals surface area contributed by atoms with Crippen LogP contribution in [-0.2, 0) is 9.47 Å². The second-order valence-corrected chi connectivity index (χ2v) is 8.41.